The third-order valence-corrected chi connectivity index (χ3v) is 4.74. The summed E-state index contributed by atoms with van der Waals surface area (Å²) in [6, 6.07) is 9.09. The van der Waals surface area contributed by atoms with Crippen molar-refractivity contribution in [3.63, 3.8) is 0 Å². The number of alkyl halides is 3. The van der Waals surface area contributed by atoms with Gasteiger partial charge < -0.3 is 9.84 Å². The molecule has 9 heteroatoms. The third kappa shape index (κ3) is 4.84. The van der Waals surface area contributed by atoms with Crippen LogP contribution in [0, 0.1) is 11.7 Å². The molecule has 0 saturated carbocycles. The second kappa shape index (κ2) is 8.64. The zero-order chi connectivity index (χ0) is 21.9. The molecule has 5 nitrogen and oxygen atoms in total. The average Bonchev–Trinajstić information content (AvgIpc) is 3.20. The van der Waals surface area contributed by atoms with E-state index in [1.54, 1.807) is 0 Å². The maximum atomic E-state index is 13.4. The molecule has 3 rings (SSSR count). The number of nitrogens with zero attached hydrogens (tertiary/aromatic N) is 2. The quantitative estimate of drug-likeness (QED) is 0.541. The van der Waals surface area contributed by atoms with Crippen LogP contribution < -0.4 is 5.32 Å². The number of rotatable bonds is 6. The predicted molar refractivity (Wildman–Crippen MR) is 101 cm³/mol. The number of amides is 1. The van der Waals surface area contributed by atoms with Crippen molar-refractivity contribution >= 4 is 5.91 Å². The molecule has 0 aliphatic heterocycles. The SMILES string of the molecule is CC[C@@H](C)[C@@H](NC(=O)c1cccc(F)c1)c1nc(-c2cccc(C(F)(F)F)c2)no1. The lowest BCUT2D eigenvalue weighted by atomic mass is 9.98. The molecule has 0 aliphatic rings. The Hall–Kier alpha value is -3.23. The van der Waals surface area contributed by atoms with E-state index < -0.39 is 29.5 Å². The lowest BCUT2D eigenvalue weighted by Gasteiger charge is -2.20. The summed E-state index contributed by atoms with van der Waals surface area (Å²) in [4.78, 5) is 16.7. The average molecular weight is 421 g/mol. The van der Waals surface area contributed by atoms with Gasteiger partial charge in [0.15, 0.2) is 0 Å². The first-order valence-corrected chi connectivity index (χ1v) is 9.26. The molecule has 1 N–H and O–H groups in total. The van der Waals surface area contributed by atoms with Crippen LogP contribution in [0.3, 0.4) is 0 Å². The van der Waals surface area contributed by atoms with Crippen molar-refractivity contribution in [1.82, 2.24) is 15.5 Å². The zero-order valence-electron chi connectivity index (χ0n) is 16.2. The normalized spacial score (nSPS) is 13.7. The van der Waals surface area contributed by atoms with Gasteiger partial charge in [-0.15, -0.1) is 0 Å². The minimum absolute atomic E-state index is 0.0237. The van der Waals surface area contributed by atoms with E-state index in [1.165, 1.54) is 30.3 Å². The van der Waals surface area contributed by atoms with Gasteiger partial charge in [0.05, 0.1) is 5.56 Å². The lowest BCUT2D eigenvalue weighted by molar-refractivity contribution is -0.137. The summed E-state index contributed by atoms with van der Waals surface area (Å²) in [6.45, 7) is 3.75. The summed E-state index contributed by atoms with van der Waals surface area (Å²) in [5.41, 5.74) is -0.565. The molecule has 3 aromatic rings. The van der Waals surface area contributed by atoms with Crippen LogP contribution >= 0.6 is 0 Å². The van der Waals surface area contributed by atoms with Crippen LogP contribution in [0.5, 0.6) is 0 Å². The molecule has 1 aromatic heterocycles. The number of hydrogen-bond acceptors (Lipinski definition) is 4. The van der Waals surface area contributed by atoms with Crippen molar-refractivity contribution in [1.29, 1.82) is 0 Å². The smallest absolute Gasteiger partial charge is 0.340 e. The van der Waals surface area contributed by atoms with E-state index in [1.807, 2.05) is 13.8 Å². The van der Waals surface area contributed by atoms with Crippen molar-refractivity contribution < 1.29 is 26.9 Å². The molecule has 2 aromatic carbocycles. The number of benzene rings is 2. The minimum Gasteiger partial charge on any atom is -0.340 e. The maximum absolute atomic E-state index is 13.4. The number of hydrogen-bond donors (Lipinski definition) is 1. The van der Waals surface area contributed by atoms with E-state index in [2.05, 4.69) is 15.5 Å². The first kappa shape index (κ1) is 21.5. The molecule has 2 atom stereocenters. The number of nitrogens with one attached hydrogen (secondary N) is 1. The van der Waals surface area contributed by atoms with Gasteiger partial charge in [-0.3, -0.25) is 4.79 Å². The van der Waals surface area contributed by atoms with Gasteiger partial charge in [-0.1, -0.05) is 43.6 Å². The van der Waals surface area contributed by atoms with Gasteiger partial charge in [0.1, 0.15) is 11.9 Å². The second-order valence-corrected chi connectivity index (χ2v) is 6.88. The van der Waals surface area contributed by atoms with Crippen molar-refractivity contribution in [2.24, 2.45) is 5.92 Å². The fraction of sp³-hybridized carbons (Fsp3) is 0.286. The van der Waals surface area contributed by atoms with E-state index in [9.17, 15) is 22.4 Å². The summed E-state index contributed by atoms with van der Waals surface area (Å²) >= 11 is 0. The van der Waals surface area contributed by atoms with E-state index >= 15 is 0 Å². The topological polar surface area (TPSA) is 68.0 Å². The molecule has 0 fully saturated rings. The van der Waals surface area contributed by atoms with E-state index in [0.29, 0.717) is 6.42 Å². The largest absolute Gasteiger partial charge is 0.416 e. The fourth-order valence-electron chi connectivity index (χ4n) is 2.85. The highest BCUT2D eigenvalue weighted by Crippen LogP contribution is 2.32. The zero-order valence-corrected chi connectivity index (χ0v) is 16.2. The Bertz CT molecular complexity index is 1030. The summed E-state index contributed by atoms with van der Waals surface area (Å²) in [6.07, 6.45) is -3.85. The molecule has 158 valence electrons. The standard InChI is InChI=1S/C21H19F4N3O2/c1-3-12(2)17(26-19(29)14-7-5-9-16(22)11-14)20-27-18(28-30-20)13-6-4-8-15(10-13)21(23,24)25/h4-12,17H,3H2,1-2H3,(H,26,29)/t12-,17-/m1/s1. The third-order valence-electron chi connectivity index (χ3n) is 4.74. The van der Waals surface area contributed by atoms with Gasteiger partial charge in [-0.2, -0.15) is 18.2 Å². The second-order valence-electron chi connectivity index (χ2n) is 6.88. The van der Waals surface area contributed by atoms with Crippen molar-refractivity contribution in [3.8, 4) is 11.4 Å². The minimum atomic E-state index is -4.50. The molecule has 0 unspecified atom stereocenters. The van der Waals surface area contributed by atoms with Crippen LogP contribution in [0.25, 0.3) is 11.4 Å². The van der Waals surface area contributed by atoms with Gasteiger partial charge in [-0.25, -0.2) is 4.39 Å². The molecule has 0 radical (unpaired) electrons. The van der Waals surface area contributed by atoms with Crippen LogP contribution in [0.1, 0.15) is 48.1 Å². The van der Waals surface area contributed by atoms with E-state index in [-0.39, 0.29) is 28.8 Å². The molecule has 30 heavy (non-hydrogen) atoms. The van der Waals surface area contributed by atoms with Crippen molar-refractivity contribution in [3.05, 3.63) is 71.4 Å². The molecule has 0 bridgehead atoms. The van der Waals surface area contributed by atoms with Crippen LogP contribution in [0.4, 0.5) is 17.6 Å². The Morgan fingerprint density at radius 2 is 1.90 bits per heavy atom. The number of carbonyl (C=O) groups is 1. The van der Waals surface area contributed by atoms with Crippen LogP contribution in [-0.4, -0.2) is 16.0 Å². The Morgan fingerprint density at radius 3 is 2.57 bits per heavy atom. The lowest BCUT2D eigenvalue weighted by Crippen LogP contribution is -2.32. The molecule has 0 saturated heterocycles. The van der Waals surface area contributed by atoms with E-state index in [4.69, 9.17) is 4.52 Å². The van der Waals surface area contributed by atoms with E-state index in [0.717, 1.165) is 18.2 Å². The Kier molecular flexibility index (Phi) is 6.19. The molecule has 0 spiro atoms. The molecule has 0 aliphatic carbocycles. The van der Waals surface area contributed by atoms with Crippen LogP contribution in [-0.2, 0) is 6.18 Å². The van der Waals surface area contributed by atoms with Gasteiger partial charge in [-0.05, 0) is 36.2 Å². The molecular weight excluding hydrogens is 402 g/mol. The summed E-state index contributed by atoms with van der Waals surface area (Å²) in [5, 5.41) is 6.52. The summed E-state index contributed by atoms with van der Waals surface area (Å²) < 4.78 is 57.6. The van der Waals surface area contributed by atoms with Gasteiger partial charge >= 0.3 is 6.18 Å². The van der Waals surface area contributed by atoms with Crippen molar-refractivity contribution in [2.45, 2.75) is 32.5 Å². The highest BCUT2D eigenvalue weighted by molar-refractivity contribution is 5.94. The first-order chi connectivity index (χ1) is 14.2. The number of halogens is 4. The Labute approximate surface area is 170 Å². The Morgan fingerprint density at radius 1 is 1.17 bits per heavy atom. The van der Waals surface area contributed by atoms with Gasteiger partial charge in [0.2, 0.25) is 11.7 Å². The number of aromatic nitrogens is 2. The number of carbonyl (C=O) groups excluding carboxylic acids is 1. The molecular formula is C21H19F4N3O2. The van der Waals surface area contributed by atoms with Gasteiger partial charge in [0.25, 0.3) is 5.91 Å². The summed E-state index contributed by atoms with van der Waals surface area (Å²) in [7, 11) is 0. The molecule has 1 amide bonds. The fourth-order valence-corrected chi connectivity index (χ4v) is 2.85. The first-order valence-electron chi connectivity index (χ1n) is 9.26. The van der Waals surface area contributed by atoms with Crippen LogP contribution in [0.15, 0.2) is 53.1 Å². The monoisotopic (exact) mass is 421 g/mol. The maximum Gasteiger partial charge on any atom is 0.416 e. The predicted octanol–water partition coefficient (Wildman–Crippen LogP) is 5.41. The highest BCUT2D eigenvalue weighted by Gasteiger charge is 2.31. The summed E-state index contributed by atoms with van der Waals surface area (Å²) in [5.74, 6) is -1.17. The molecule has 1 heterocycles. The van der Waals surface area contributed by atoms with Gasteiger partial charge in [0, 0.05) is 11.1 Å². The highest BCUT2D eigenvalue weighted by atomic mass is 19.4. The van der Waals surface area contributed by atoms with Crippen molar-refractivity contribution in [2.75, 3.05) is 0 Å². The Balaban J connectivity index is 1.88. The van der Waals surface area contributed by atoms with Crippen LogP contribution in [0.2, 0.25) is 0 Å².